The Balaban J connectivity index is 0. The molecule has 0 aromatic heterocycles. The smallest absolute Gasteiger partial charge is 0.264 e. The van der Waals surface area contributed by atoms with E-state index >= 15 is 0 Å². The van der Waals surface area contributed by atoms with E-state index in [-0.39, 0.29) is 6.61 Å². The average molecular weight is 184 g/mol. The van der Waals surface area contributed by atoms with Crippen LogP contribution >= 0.6 is 0 Å². The van der Waals surface area contributed by atoms with Crippen molar-refractivity contribution in [3.8, 4) is 0 Å². The van der Waals surface area contributed by atoms with E-state index in [1.165, 1.54) is 0 Å². The van der Waals surface area contributed by atoms with Crippen LogP contribution in [0.5, 0.6) is 0 Å². The van der Waals surface area contributed by atoms with Crippen molar-refractivity contribution in [1.29, 1.82) is 0 Å². The van der Waals surface area contributed by atoms with Gasteiger partial charge < -0.3 is 0 Å². The molecule has 0 radical (unpaired) electrons. The average Bonchev–Trinajstić information content (AvgIpc) is 1.90. The summed E-state index contributed by atoms with van der Waals surface area (Å²) in [6, 6.07) is 0. The van der Waals surface area contributed by atoms with Gasteiger partial charge >= 0.3 is 10.4 Å². The molecule has 0 rings (SSSR count). The third-order valence-electron chi connectivity index (χ3n) is 0.730. The minimum absolute atomic E-state index is 0.0648. The Labute approximate surface area is 68.5 Å². The molecule has 5 heteroatoms. The van der Waals surface area contributed by atoms with Crippen LogP contribution in [-0.4, -0.2) is 19.6 Å². The third-order valence-corrected chi connectivity index (χ3v) is 1.19. The van der Waals surface area contributed by atoms with Gasteiger partial charge in [-0.1, -0.05) is 27.2 Å². The Morgan fingerprint density at radius 1 is 1.36 bits per heavy atom. The summed E-state index contributed by atoms with van der Waals surface area (Å²) in [7, 11) is -4.20. The monoisotopic (exact) mass is 184 g/mol. The van der Waals surface area contributed by atoms with E-state index in [0.717, 1.165) is 6.42 Å². The molecule has 0 aliphatic heterocycles. The molecule has 0 heterocycles. The Bertz CT molecular complexity index is 150. The van der Waals surface area contributed by atoms with Gasteiger partial charge in [0.05, 0.1) is 6.61 Å². The molecule has 0 aromatic rings. The van der Waals surface area contributed by atoms with Crippen molar-refractivity contribution >= 4 is 10.4 Å². The highest BCUT2D eigenvalue weighted by molar-refractivity contribution is 7.80. The summed E-state index contributed by atoms with van der Waals surface area (Å²) in [6.07, 6.45) is 1.48. The lowest BCUT2D eigenvalue weighted by atomic mass is 10.4. The normalized spacial score (nSPS) is 10.2. The van der Waals surface area contributed by atoms with Gasteiger partial charge in [-0.2, -0.15) is 8.42 Å². The van der Waals surface area contributed by atoms with E-state index in [4.69, 9.17) is 4.55 Å². The van der Waals surface area contributed by atoms with Crippen LogP contribution in [0, 0.1) is 0 Å². The Morgan fingerprint density at radius 3 is 2.09 bits per heavy atom. The predicted molar refractivity (Wildman–Crippen MR) is 43.8 cm³/mol. The lowest BCUT2D eigenvalue weighted by Crippen LogP contribution is -2.04. The van der Waals surface area contributed by atoms with E-state index in [1.807, 2.05) is 20.8 Å². The summed E-state index contributed by atoms with van der Waals surface area (Å²) in [5, 5.41) is 0. The number of unbranched alkanes of at least 4 members (excludes halogenated alkanes) is 1. The Morgan fingerprint density at radius 2 is 1.82 bits per heavy atom. The first-order valence-electron chi connectivity index (χ1n) is 3.68. The molecule has 0 aromatic carbocycles. The van der Waals surface area contributed by atoms with Gasteiger partial charge in [0.1, 0.15) is 0 Å². The second-order valence-electron chi connectivity index (χ2n) is 1.60. The highest BCUT2D eigenvalue weighted by atomic mass is 32.3. The van der Waals surface area contributed by atoms with Crippen molar-refractivity contribution in [2.45, 2.75) is 33.6 Å². The zero-order valence-corrected chi connectivity index (χ0v) is 8.02. The standard InChI is InChI=1S/C4H10O4S.C2H6/c1-2-3-4-8-9(5,6)7;1-2/h2-4H2,1H3,(H,5,6,7);1-2H3. The molecule has 0 aliphatic carbocycles. The van der Waals surface area contributed by atoms with Crippen LogP contribution in [0.3, 0.4) is 0 Å². The minimum atomic E-state index is -4.20. The molecule has 0 unspecified atom stereocenters. The highest BCUT2D eigenvalue weighted by Gasteiger charge is 2.00. The molecule has 0 amide bonds. The van der Waals surface area contributed by atoms with E-state index in [0.29, 0.717) is 6.42 Å². The maximum Gasteiger partial charge on any atom is 0.397 e. The number of hydrogen-bond acceptors (Lipinski definition) is 3. The third kappa shape index (κ3) is 17.7. The zero-order valence-electron chi connectivity index (χ0n) is 7.20. The molecular formula is C6H16O4S. The summed E-state index contributed by atoms with van der Waals surface area (Å²) in [4.78, 5) is 0. The molecule has 0 spiro atoms. The lowest BCUT2D eigenvalue weighted by Gasteiger charge is -1.95. The molecule has 0 saturated heterocycles. The van der Waals surface area contributed by atoms with E-state index in [9.17, 15) is 8.42 Å². The summed E-state index contributed by atoms with van der Waals surface area (Å²) >= 11 is 0. The second kappa shape index (κ2) is 7.97. The predicted octanol–water partition coefficient (Wildman–Crippen LogP) is 1.63. The fourth-order valence-electron chi connectivity index (χ4n) is 0.309. The first-order chi connectivity index (χ1) is 5.06. The fourth-order valence-corrected chi connectivity index (χ4v) is 0.637. The fraction of sp³-hybridized carbons (Fsp3) is 1.00. The van der Waals surface area contributed by atoms with Gasteiger partial charge in [-0.05, 0) is 6.42 Å². The molecule has 4 nitrogen and oxygen atoms in total. The molecule has 0 atom stereocenters. The maximum absolute atomic E-state index is 9.84. The largest absolute Gasteiger partial charge is 0.397 e. The minimum Gasteiger partial charge on any atom is -0.264 e. The molecule has 1 N–H and O–H groups in total. The van der Waals surface area contributed by atoms with Gasteiger partial charge in [0.15, 0.2) is 0 Å². The van der Waals surface area contributed by atoms with Gasteiger partial charge in [-0.15, -0.1) is 0 Å². The van der Waals surface area contributed by atoms with Crippen molar-refractivity contribution in [2.24, 2.45) is 0 Å². The molecular weight excluding hydrogens is 168 g/mol. The summed E-state index contributed by atoms with van der Waals surface area (Å²) in [5.74, 6) is 0. The van der Waals surface area contributed by atoms with Gasteiger partial charge in [-0.3, -0.25) is 4.55 Å². The van der Waals surface area contributed by atoms with E-state index in [2.05, 4.69) is 4.18 Å². The summed E-state index contributed by atoms with van der Waals surface area (Å²) in [5.41, 5.74) is 0. The first kappa shape index (κ1) is 13.5. The van der Waals surface area contributed by atoms with E-state index in [1.54, 1.807) is 0 Å². The number of hydrogen-bond donors (Lipinski definition) is 1. The first-order valence-corrected chi connectivity index (χ1v) is 5.04. The van der Waals surface area contributed by atoms with E-state index < -0.39 is 10.4 Å². The highest BCUT2D eigenvalue weighted by Crippen LogP contribution is 1.91. The molecule has 11 heavy (non-hydrogen) atoms. The number of rotatable bonds is 4. The van der Waals surface area contributed by atoms with Crippen LogP contribution in [0.2, 0.25) is 0 Å². The molecule has 0 aliphatic rings. The zero-order chi connectivity index (χ0) is 9.33. The van der Waals surface area contributed by atoms with Crippen molar-refractivity contribution < 1.29 is 17.2 Å². The van der Waals surface area contributed by atoms with Crippen LogP contribution in [-0.2, 0) is 14.6 Å². The molecule has 0 bridgehead atoms. The lowest BCUT2D eigenvalue weighted by molar-refractivity contribution is 0.264. The van der Waals surface area contributed by atoms with Crippen molar-refractivity contribution in [1.82, 2.24) is 0 Å². The van der Waals surface area contributed by atoms with Crippen LogP contribution in [0.15, 0.2) is 0 Å². The molecule has 0 saturated carbocycles. The molecule has 0 fully saturated rings. The van der Waals surface area contributed by atoms with Crippen LogP contribution in [0.1, 0.15) is 33.6 Å². The van der Waals surface area contributed by atoms with Gasteiger partial charge in [0.25, 0.3) is 0 Å². The van der Waals surface area contributed by atoms with Crippen molar-refractivity contribution in [3.63, 3.8) is 0 Å². The SMILES string of the molecule is CC.CCCCOS(=O)(=O)O. The van der Waals surface area contributed by atoms with Gasteiger partial charge in [0.2, 0.25) is 0 Å². The Kier molecular flexibility index (Phi) is 9.75. The van der Waals surface area contributed by atoms with Gasteiger partial charge in [-0.25, -0.2) is 4.18 Å². The van der Waals surface area contributed by atoms with Gasteiger partial charge in [0, 0.05) is 0 Å². The quantitative estimate of drug-likeness (QED) is 0.532. The molecule has 70 valence electrons. The van der Waals surface area contributed by atoms with Crippen molar-refractivity contribution in [2.75, 3.05) is 6.61 Å². The summed E-state index contributed by atoms with van der Waals surface area (Å²) < 4.78 is 31.7. The Hall–Kier alpha value is -0.130. The van der Waals surface area contributed by atoms with Crippen LogP contribution in [0.25, 0.3) is 0 Å². The topological polar surface area (TPSA) is 63.6 Å². The van der Waals surface area contributed by atoms with Crippen LogP contribution < -0.4 is 0 Å². The summed E-state index contributed by atoms with van der Waals surface area (Å²) in [6.45, 7) is 5.96. The van der Waals surface area contributed by atoms with Crippen molar-refractivity contribution in [3.05, 3.63) is 0 Å². The second-order valence-corrected chi connectivity index (χ2v) is 2.69. The van der Waals surface area contributed by atoms with Crippen LogP contribution in [0.4, 0.5) is 0 Å². The maximum atomic E-state index is 9.84.